The number of unbranched alkanes of at least 4 members (excludes halogenated alkanes) is 1. The number of carboxylic acid groups (broad SMARTS) is 1. The second-order valence-corrected chi connectivity index (χ2v) is 5.80. The number of likely N-dealkylation sites (tertiary alicyclic amines) is 1. The zero-order valence-electron chi connectivity index (χ0n) is 13.1. The summed E-state index contributed by atoms with van der Waals surface area (Å²) in [4.78, 5) is 24.7. The second-order valence-electron chi connectivity index (χ2n) is 5.80. The minimum atomic E-state index is -0.842. The predicted molar refractivity (Wildman–Crippen MR) is 80.3 cm³/mol. The van der Waals surface area contributed by atoms with Crippen molar-refractivity contribution in [1.82, 2.24) is 10.2 Å². The van der Waals surface area contributed by atoms with E-state index in [0.29, 0.717) is 19.7 Å². The van der Waals surface area contributed by atoms with Crippen LogP contribution >= 0.6 is 0 Å². The number of urea groups is 1. The number of carbonyl (C=O) groups is 2. The minimum absolute atomic E-state index is 0.0373. The van der Waals surface area contributed by atoms with Gasteiger partial charge in [0.25, 0.3) is 0 Å². The Bertz CT molecular complexity index is 334. The smallest absolute Gasteiger partial charge is 0.317 e. The number of rotatable bonds is 8. The summed E-state index contributed by atoms with van der Waals surface area (Å²) in [6.07, 6.45) is 4.79. The minimum Gasteiger partial charge on any atom is -0.481 e. The fraction of sp³-hybridized carbons (Fsp3) is 0.867. The summed E-state index contributed by atoms with van der Waals surface area (Å²) in [7, 11) is 0. The molecular formula is C15H28N2O4. The number of hydrogen-bond acceptors (Lipinski definition) is 3. The Morgan fingerprint density at radius 2 is 2.10 bits per heavy atom. The van der Waals surface area contributed by atoms with Crippen LogP contribution in [0.4, 0.5) is 4.79 Å². The summed E-state index contributed by atoms with van der Waals surface area (Å²) in [6.45, 7) is 5.97. The van der Waals surface area contributed by atoms with Gasteiger partial charge in [0.1, 0.15) is 0 Å². The monoisotopic (exact) mass is 300 g/mol. The molecule has 1 unspecified atom stereocenters. The Balaban J connectivity index is 2.24. The van der Waals surface area contributed by atoms with E-state index in [1.165, 1.54) is 0 Å². The van der Waals surface area contributed by atoms with Gasteiger partial charge in [-0.2, -0.15) is 0 Å². The molecule has 1 aliphatic rings. The lowest BCUT2D eigenvalue weighted by Gasteiger charge is -2.34. The third-order valence-electron chi connectivity index (χ3n) is 3.60. The second kappa shape index (κ2) is 9.60. The first-order chi connectivity index (χ1) is 10.0. The highest BCUT2D eigenvalue weighted by Gasteiger charge is 2.28. The van der Waals surface area contributed by atoms with E-state index in [2.05, 4.69) is 5.32 Å². The topological polar surface area (TPSA) is 78.9 Å². The highest BCUT2D eigenvalue weighted by atomic mass is 16.5. The maximum atomic E-state index is 12.1. The Morgan fingerprint density at radius 3 is 2.76 bits per heavy atom. The van der Waals surface area contributed by atoms with Gasteiger partial charge in [-0.1, -0.05) is 0 Å². The number of hydrogen-bond donors (Lipinski definition) is 2. The van der Waals surface area contributed by atoms with Crippen molar-refractivity contribution in [2.45, 2.75) is 64.5 Å². The molecule has 6 nitrogen and oxygen atoms in total. The number of amides is 2. The van der Waals surface area contributed by atoms with Crippen LogP contribution < -0.4 is 5.32 Å². The number of ether oxygens (including phenoxy) is 1. The molecule has 1 saturated heterocycles. The van der Waals surface area contributed by atoms with E-state index in [1.54, 1.807) is 4.90 Å². The molecule has 1 rings (SSSR count). The highest BCUT2D eigenvalue weighted by Crippen LogP contribution is 2.19. The highest BCUT2D eigenvalue weighted by molar-refractivity contribution is 5.76. The van der Waals surface area contributed by atoms with Crippen molar-refractivity contribution in [3.8, 4) is 0 Å². The average molecular weight is 300 g/mol. The number of carbonyl (C=O) groups excluding carboxylic acids is 1. The maximum Gasteiger partial charge on any atom is 0.317 e. The Kier molecular flexibility index (Phi) is 8.12. The van der Waals surface area contributed by atoms with Crippen molar-refractivity contribution in [2.75, 3.05) is 19.7 Å². The summed E-state index contributed by atoms with van der Waals surface area (Å²) in [5, 5.41) is 11.8. The zero-order chi connectivity index (χ0) is 15.7. The normalized spacial score (nSPS) is 18.8. The van der Waals surface area contributed by atoms with Gasteiger partial charge in [0.2, 0.25) is 0 Å². The molecule has 0 spiro atoms. The number of carboxylic acids is 1. The molecule has 0 saturated carbocycles. The van der Waals surface area contributed by atoms with Crippen LogP contribution in [0.5, 0.6) is 0 Å². The van der Waals surface area contributed by atoms with Gasteiger partial charge in [-0.15, -0.1) is 0 Å². The number of aliphatic carboxylic acids is 1. The molecule has 1 fully saturated rings. The molecule has 1 aliphatic heterocycles. The zero-order valence-corrected chi connectivity index (χ0v) is 13.1. The lowest BCUT2D eigenvalue weighted by Crippen LogP contribution is -2.49. The fourth-order valence-corrected chi connectivity index (χ4v) is 2.52. The van der Waals surface area contributed by atoms with Crippen LogP contribution in [0.1, 0.15) is 52.4 Å². The predicted octanol–water partition coefficient (Wildman–Crippen LogP) is 2.23. The largest absolute Gasteiger partial charge is 0.481 e. The molecule has 0 bridgehead atoms. The van der Waals surface area contributed by atoms with Gasteiger partial charge in [0.05, 0.1) is 12.5 Å². The molecule has 6 heteroatoms. The van der Waals surface area contributed by atoms with Gasteiger partial charge in [0, 0.05) is 25.7 Å². The third-order valence-corrected chi connectivity index (χ3v) is 3.60. The summed E-state index contributed by atoms with van der Waals surface area (Å²) in [6, 6.07) is -0.300. The number of nitrogens with zero attached hydrogens (tertiary/aromatic N) is 1. The van der Waals surface area contributed by atoms with Gasteiger partial charge >= 0.3 is 12.0 Å². The van der Waals surface area contributed by atoms with Gasteiger partial charge in [-0.3, -0.25) is 4.79 Å². The molecule has 0 aliphatic carbocycles. The fourth-order valence-electron chi connectivity index (χ4n) is 2.52. The molecule has 2 amide bonds. The lowest BCUT2D eigenvalue weighted by molar-refractivity contribution is -0.138. The quantitative estimate of drug-likeness (QED) is 0.674. The third kappa shape index (κ3) is 7.32. The molecule has 0 radical (unpaired) electrons. The van der Waals surface area contributed by atoms with Gasteiger partial charge in [0.15, 0.2) is 0 Å². The van der Waals surface area contributed by atoms with Crippen molar-refractivity contribution in [2.24, 2.45) is 0 Å². The van der Waals surface area contributed by atoms with E-state index in [1.807, 2.05) is 13.8 Å². The molecule has 122 valence electrons. The van der Waals surface area contributed by atoms with Crippen LogP contribution in [0, 0.1) is 0 Å². The van der Waals surface area contributed by atoms with Crippen molar-refractivity contribution >= 4 is 12.0 Å². The van der Waals surface area contributed by atoms with E-state index < -0.39 is 5.97 Å². The van der Waals surface area contributed by atoms with Crippen LogP contribution in [0.15, 0.2) is 0 Å². The molecule has 1 atom stereocenters. The van der Waals surface area contributed by atoms with Crippen LogP contribution in [-0.4, -0.2) is 53.8 Å². The van der Waals surface area contributed by atoms with E-state index in [9.17, 15) is 9.59 Å². The molecule has 2 N–H and O–H groups in total. The van der Waals surface area contributed by atoms with Crippen LogP contribution in [-0.2, 0) is 9.53 Å². The van der Waals surface area contributed by atoms with Crippen molar-refractivity contribution in [1.29, 1.82) is 0 Å². The maximum absolute atomic E-state index is 12.1. The van der Waals surface area contributed by atoms with Crippen LogP contribution in [0.3, 0.4) is 0 Å². The van der Waals surface area contributed by atoms with Crippen LogP contribution in [0.2, 0.25) is 0 Å². The van der Waals surface area contributed by atoms with Gasteiger partial charge in [-0.25, -0.2) is 4.79 Å². The van der Waals surface area contributed by atoms with Gasteiger partial charge in [-0.05, 0) is 46.0 Å². The van der Waals surface area contributed by atoms with E-state index in [0.717, 1.165) is 32.1 Å². The Labute approximate surface area is 126 Å². The molecule has 0 aromatic carbocycles. The van der Waals surface area contributed by atoms with Crippen molar-refractivity contribution in [3.05, 3.63) is 0 Å². The average Bonchev–Trinajstić information content (AvgIpc) is 2.42. The van der Waals surface area contributed by atoms with Crippen molar-refractivity contribution < 1.29 is 19.4 Å². The SMILES string of the molecule is CC(C)OCCCCNC(=O)N1CCCCC1CC(=O)O. The molecular weight excluding hydrogens is 272 g/mol. The first kappa shape index (κ1) is 17.8. The molecule has 21 heavy (non-hydrogen) atoms. The Morgan fingerprint density at radius 1 is 1.33 bits per heavy atom. The van der Waals surface area contributed by atoms with E-state index in [-0.39, 0.29) is 24.6 Å². The summed E-state index contributed by atoms with van der Waals surface area (Å²) < 4.78 is 5.44. The lowest BCUT2D eigenvalue weighted by atomic mass is 10.00. The van der Waals surface area contributed by atoms with Gasteiger partial charge < -0.3 is 20.1 Å². The number of nitrogens with one attached hydrogen (secondary N) is 1. The van der Waals surface area contributed by atoms with E-state index >= 15 is 0 Å². The molecule has 0 aromatic heterocycles. The summed E-state index contributed by atoms with van der Waals surface area (Å²) >= 11 is 0. The first-order valence-electron chi connectivity index (χ1n) is 7.88. The number of piperidine rings is 1. The van der Waals surface area contributed by atoms with E-state index in [4.69, 9.17) is 9.84 Å². The first-order valence-corrected chi connectivity index (χ1v) is 7.88. The standard InChI is InChI=1S/C15H28N2O4/c1-12(2)21-10-6-4-8-16-15(20)17-9-5-3-7-13(17)11-14(18)19/h12-13H,3-11H2,1-2H3,(H,16,20)(H,18,19). The summed E-state index contributed by atoms with van der Waals surface area (Å²) in [5.74, 6) is -0.842. The van der Waals surface area contributed by atoms with Crippen molar-refractivity contribution in [3.63, 3.8) is 0 Å². The molecule has 0 aromatic rings. The van der Waals surface area contributed by atoms with Crippen LogP contribution in [0.25, 0.3) is 0 Å². The molecule has 1 heterocycles. The Hall–Kier alpha value is -1.30. The summed E-state index contributed by atoms with van der Waals surface area (Å²) in [5.41, 5.74) is 0.